The molecule has 5 aromatic carbocycles. The lowest BCUT2D eigenvalue weighted by atomic mass is 9.39. The first-order chi connectivity index (χ1) is 23.2. The van der Waals surface area contributed by atoms with Crippen molar-refractivity contribution in [1.29, 1.82) is 0 Å². The highest BCUT2D eigenvalue weighted by Crippen LogP contribution is 2.61. The molecule has 1 fully saturated rings. The molecule has 1 aromatic heterocycles. The van der Waals surface area contributed by atoms with Gasteiger partial charge < -0.3 is 9.80 Å². The number of thiophene rings is 1. The minimum atomic E-state index is -0.00298. The van der Waals surface area contributed by atoms with Crippen molar-refractivity contribution in [2.45, 2.75) is 76.7 Å². The molecule has 0 N–H and O–H groups in total. The van der Waals surface area contributed by atoms with Crippen molar-refractivity contribution in [3.8, 4) is 11.1 Å². The number of para-hydroxylation sites is 3. The van der Waals surface area contributed by atoms with Crippen LogP contribution in [-0.4, -0.2) is 12.3 Å². The molecule has 3 aliphatic heterocycles. The molecule has 0 amide bonds. The lowest BCUT2D eigenvalue weighted by Crippen LogP contribution is -2.55. The third-order valence-electron chi connectivity index (χ3n) is 12.6. The number of rotatable bonds is 2. The molecule has 4 heterocycles. The average molecular weight is 641 g/mol. The predicted molar refractivity (Wildman–Crippen MR) is 208 cm³/mol. The number of fused-ring (bicyclic) bond motifs is 10. The molecule has 0 bridgehead atoms. The molecule has 2 unspecified atom stereocenters. The minimum absolute atomic E-state index is 0.00298. The summed E-state index contributed by atoms with van der Waals surface area (Å²) in [6.07, 6.45) is 4.99. The van der Waals surface area contributed by atoms with Crippen LogP contribution in [0.1, 0.15) is 71.4 Å². The van der Waals surface area contributed by atoms with Gasteiger partial charge in [0.1, 0.15) is 0 Å². The first-order valence-electron chi connectivity index (χ1n) is 17.8. The number of hydrogen-bond acceptors (Lipinski definition) is 3. The van der Waals surface area contributed by atoms with E-state index in [2.05, 4.69) is 154 Å². The molecular formula is C44H41BN2S. The van der Waals surface area contributed by atoms with Crippen molar-refractivity contribution >= 4 is 72.3 Å². The van der Waals surface area contributed by atoms with Crippen LogP contribution in [0.2, 0.25) is 0 Å². The maximum absolute atomic E-state index is 2.77. The second-order valence-corrected chi connectivity index (χ2v) is 17.1. The highest BCUT2D eigenvalue weighted by Gasteiger charge is 2.58. The maximum Gasteiger partial charge on any atom is 0.260 e. The molecule has 236 valence electrons. The summed E-state index contributed by atoms with van der Waals surface area (Å²) in [6.45, 7) is 12.3. The van der Waals surface area contributed by atoms with Crippen molar-refractivity contribution in [2.75, 3.05) is 9.80 Å². The van der Waals surface area contributed by atoms with E-state index in [-0.39, 0.29) is 23.1 Å². The Kier molecular flexibility index (Phi) is 5.78. The summed E-state index contributed by atoms with van der Waals surface area (Å²) in [6, 6.07) is 41.9. The number of hydrogen-bond donors (Lipinski definition) is 0. The van der Waals surface area contributed by atoms with E-state index in [0.29, 0.717) is 0 Å². The van der Waals surface area contributed by atoms with Gasteiger partial charge in [0, 0.05) is 43.9 Å². The molecule has 48 heavy (non-hydrogen) atoms. The maximum atomic E-state index is 2.77. The van der Waals surface area contributed by atoms with Gasteiger partial charge in [-0.2, -0.15) is 0 Å². The Bertz CT molecular complexity index is 2300. The second kappa shape index (κ2) is 9.67. The molecule has 1 aliphatic carbocycles. The van der Waals surface area contributed by atoms with E-state index < -0.39 is 0 Å². The normalized spacial score (nSPS) is 22.0. The SMILES string of the molecule is CC(C)(C)c1ccc2sc3c(c2c1)-c1cc(N2c4ccccc4C4(C)CCCCC24C)cc2c1B3c1ccccc1N2c1ccccc1. The second-order valence-electron chi connectivity index (χ2n) is 16.1. The summed E-state index contributed by atoms with van der Waals surface area (Å²) in [4.78, 5) is 5.32. The number of nitrogens with zero attached hydrogens (tertiary/aromatic N) is 2. The summed E-state index contributed by atoms with van der Waals surface area (Å²) >= 11 is 2.01. The van der Waals surface area contributed by atoms with Gasteiger partial charge in [-0.25, -0.2) is 0 Å². The molecule has 1 saturated carbocycles. The monoisotopic (exact) mass is 640 g/mol. The first-order valence-corrected chi connectivity index (χ1v) is 18.6. The Hall–Kier alpha value is -4.28. The molecule has 0 spiro atoms. The van der Waals surface area contributed by atoms with Crippen LogP contribution >= 0.6 is 11.3 Å². The van der Waals surface area contributed by atoms with Crippen molar-refractivity contribution in [1.82, 2.24) is 0 Å². The molecule has 0 radical (unpaired) electrons. The third-order valence-corrected chi connectivity index (χ3v) is 13.8. The molecule has 4 heteroatoms. The van der Waals surface area contributed by atoms with Crippen molar-refractivity contribution in [3.63, 3.8) is 0 Å². The number of anilines is 5. The van der Waals surface area contributed by atoms with Gasteiger partial charge in [0.15, 0.2) is 0 Å². The predicted octanol–water partition coefficient (Wildman–Crippen LogP) is 10.2. The van der Waals surface area contributed by atoms with Crippen molar-refractivity contribution in [2.24, 2.45) is 0 Å². The van der Waals surface area contributed by atoms with E-state index in [9.17, 15) is 0 Å². The standard InChI is InChI=1S/C44H41BN2S/c1-42(2,3)28-21-22-38-31(25-28)39-32-26-30(47-35-19-11-9-17-33(35)43(4)23-13-14-24-44(43,47)5)27-37-40(32)45(41(39)48-38)34-18-10-12-20-36(34)46(37)29-15-7-6-8-16-29/h6-12,15-22,25-27H,13-14,23-24H2,1-5H3. The van der Waals surface area contributed by atoms with Gasteiger partial charge in [0.25, 0.3) is 6.71 Å². The van der Waals surface area contributed by atoms with E-state index in [0.717, 1.165) is 0 Å². The Balaban J connectivity index is 1.32. The van der Waals surface area contributed by atoms with E-state index in [1.54, 1.807) is 0 Å². The summed E-state index contributed by atoms with van der Waals surface area (Å²) < 4.78 is 2.90. The fourth-order valence-electron chi connectivity index (χ4n) is 9.96. The van der Waals surface area contributed by atoms with Crippen LogP contribution in [0.3, 0.4) is 0 Å². The quantitative estimate of drug-likeness (QED) is 0.174. The van der Waals surface area contributed by atoms with Crippen LogP contribution in [-0.2, 0) is 10.8 Å². The van der Waals surface area contributed by atoms with E-state index in [1.807, 2.05) is 11.3 Å². The zero-order valence-electron chi connectivity index (χ0n) is 28.6. The topological polar surface area (TPSA) is 6.48 Å². The largest absolute Gasteiger partial charge is 0.334 e. The highest BCUT2D eigenvalue weighted by atomic mass is 32.1. The smallest absolute Gasteiger partial charge is 0.260 e. The van der Waals surface area contributed by atoms with E-state index in [1.165, 1.54) is 102 Å². The Morgan fingerprint density at radius 3 is 2.25 bits per heavy atom. The van der Waals surface area contributed by atoms with Gasteiger partial charge in [0.2, 0.25) is 0 Å². The van der Waals surface area contributed by atoms with Gasteiger partial charge in [0.05, 0.1) is 5.54 Å². The molecular weight excluding hydrogens is 599 g/mol. The number of benzene rings is 5. The molecule has 6 aromatic rings. The summed E-state index contributed by atoms with van der Waals surface area (Å²) in [5, 5.41) is 1.41. The Labute approximate surface area is 289 Å². The van der Waals surface area contributed by atoms with Crippen LogP contribution in [0, 0.1) is 0 Å². The first kappa shape index (κ1) is 28.7. The fourth-order valence-corrected chi connectivity index (χ4v) is 11.3. The molecule has 2 atom stereocenters. The molecule has 2 nitrogen and oxygen atoms in total. The zero-order chi connectivity index (χ0) is 32.6. The van der Waals surface area contributed by atoms with Crippen molar-refractivity contribution < 1.29 is 0 Å². The molecule has 10 rings (SSSR count). The average Bonchev–Trinajstić information content (AvgIpc) is 3.68. The van der Waals surface area contributed by atoms with Crippen LogP contribution in [0.5, 0.6) is 0 Å². The summed E-state index contributed by atoms with van der Waals surface area (Å²) in [5.41, 5.74) is 15.4. The van der Waals surface area contributed by atoms with Gasteiger partial charge in [-0.05, 0) is 112 Å². The minimum Gasteiger partial charge on any atom is -0.334 e. The fraction of sp³-hybridized carbons (Fsp3) is 0.273. The summed E-state index contributed by atoms with van der Waals surface area (Å²) in [5.74, 6) is 0. The zero-order valence-corrected chi connectivity index (χ0v) is 29.4. The van der Waals surface area contributed by atoms with Crippen molar-refractivity contribution in [3.05, 3.63) is 120 Å². The Morgan fingerprint density at radius 1 is 0.708 bits per heavy atom. The third kappa shape index (κ3) is 3.60. The van der Waals surface area contributed by atoms with Crippen LogP contribution in [0.4, 0.5) is 28.4 Å². The molecule has 4 aliphatic rings. The summed E-state index contributed by atoms with van der Waals surface area (Å²) in [7, 11) is 0. The van der Waals surface area contributed by atoms with Gasteiger partial charge in [-0.1, -0.05) is 101 Å². The highest BCUT2D eigenvalue weighted by molar-refractivity contribution is 7.34. The van der Waals surface area contributed by atoms with Crippen LogP contribution in [0.25, 0.3) is 21.2 Å². The van der Waals surface area contributed by atoms with E-state index >= 15 is 0 Å². The van der Waals surface area contributed by atoms with Crippen LogP contribution < -0.4 is 25.5 Å². The Morgan fingerprint density at radius 2 is 1.44 bits per heavy atom. The van der Waals surface area contributed by atoms with E-state index in [4.69, 9.17) is 0 Å². The lowest BCUT2D eigenvalue weighted by molar-refractivity contribution is 0.195. The lowest BCUT2D eigenvalue weighted by Gasteiger charge is -2.50. The van der Waals surface area contributed by atoms with Gasteiger partial charge in [-0.15, -0.1) is 11.3 Å². The molecule has 0 saturated heterocycles. The van der Waals surface area contributed by atoms with Crippen LogP contribution in [0.15, 0.2) is 109 Å². The van der Waals surface area contributed by atoms with Gasteiger partial charge in [-0.3, -0.25) is 0 Å². The van der Waals surface area contributed by atoms with Gasteiger partial charge >= 0.3 is 0 Å².